The Morgan fingerprint density at radius 1 is 1.28 bits per heavy atom. The zero-order chi connectivity index (χ0) is 13.8. The first kappa shape index (κ1) is 14.7. The molecule has 0 heterocycles. The molecule has 0 aliphatic heterocycles. The van der Waals surface area contributed by atoms with Gasteiger partial charge in [-0.05, 0) is 12.5 Å². The number of hydrogen-bond donors (Lipinski definition) is 1. The van der Waals surface area contributed by atoms with Crippen molar-refractivity contribution in [2.75, 3.05) is 12.8 Å². The van der Waals surface area contributed by atoms with Crippen molar-refractivity contribution in [3.63, 3.8) is 0 Å². The predicted octanol–water partition coefficient (Wildman–Crippen LogP) is 1.23. The van der Waals surface area contributed by atoms with Crippen LogP contribution in [0, 0.1) is 6.92 Å². The van der Waals surface area contributed by atoms with Crippen LogP contribution in [-0.4, -0.2) is 36.6 Å². The maximum atomic E-state index is 11.8. The molecule has 0 saturated carbocycles. The van der Waals surface area contributed by atoms with Crippen molar-refractivity contribution in [3.8, 4) is 0 Å². The summed E-state index contributed by atoms with van der Waals surface area (Å²) in [4.78, 5) is 10.4. The Balaban J connectivity index is 2.66. The first-order valence-electron chi connectivity index (χ1n) is 5.52. The third-order valence-electron chi connectivity index (χ3n) is 2.57. The van der Waals surface area contributed by atoms with Crippen LogP contribution in [0.15, 0.2) is 24.3 Å². The molecule has 1 rings (SSSR count). The van der Waals surface area contributed by atoms with Crippen molar-refractivity contribution < 1.29 is 18.3 Å². The average Bonchev–Trinajstić information content (AvgIpc) is 2.29. The number of carboxylic acid groups (broad SMARTS) is 1. The van der Waals surface area contributed by atoms with E-state index < -0.39 is 16.0 Å². The lowest BCUT2D eigenvalue weighted by Crippen LogP contribution is -2.29. The maximum absolute atomic E-state index is 11.8. The molecule has 100 valence electrons. The Morgan fingerprint density at radius 3 is 2.33 bits per heavy atom. The fourth-order valence-corrected chi connectivity index (χ4v) is 2.51. The molecule has 1 N–H and O–H groups in total. The maximum Gasteiger partial charge on any atom is 0.304 e. The van der Waals surface area contributed by atoms with E-state index in [1.54, 1.807) is 0 Å². The van der Waals surface area contributed by atoms with Crippen LogP contribution in [0.2, 0.25) is 0 Å². The Hall–Kier alpha value is -1.40. The number of aliphatic carboxylic acids is 1. The molecular weight excluding hydrogens is 254 g/mol. The summed E-state index contributed by atoms with van der Waals surface area (Å²) in [5.74, 6) is -1.48. The first-order chi connectivity index (χ1) is 8.31. The second-order valence-corrected chi connectivity index (χ2v) is 6.40. The second kappa shape index (κ2) is 5.97. The number of benzene rings is 1. The van der Waals surface area contributed by atoms with Crippen LogP contribution >= 0.6 is 0 Å². The number of hydrogen-bond acceptors (Lipinski definition) is 3. The molecule has 6 heteroatoms. The Morgan fingerprint density at radius 2 is 1.83 bits per heavy atom. The van der Waals surface area contributed by atoms with E-state index in [0.717, 1.165) is 11.1 Å². The SMILES string of the molecule is Cc1ccc(CN(C)S(=O)(=O)CCC(=O)O)cc1. The van der Waals surface area contributed by atoms with Gasteiger partial charge in [0.1, 0.15) is 0 Å². The highest BCUT2D eigenvalue weighted by Crippen LogP contribution is 2.09. The molecule has 0 aliphatic rings. The van der Waals surface area contributed by atoms with E-state index in [2.05, 4.69) is 0 Å². The molecule has 0 aromatic heterocycles. The van der Waals surface area contributed by atoms with Gasteiger partial charge in [-0.1, -0.05) is 29.8 Å². The molecule has 18 heavy (non-hydrogen) atoms. The van der Waals surface area contributed by atoms with Gasteiger partial charge in [0.05, 0.1) is 12.2 Å². The summed E-state index contributed by atoms with van der Waals surface area (Å²) in [6.07, 6.45) is -0.374. The van der Waals surface area contributed by atoms with Crippen molar-refractivity contribution >= 4 is 16.0 Å². The minimum absolute atomic E-state index is 0.252. The van der Waals surface area contributed by atoms with Gasteiger partial charge in [0.2, 0.25) is 10.0 Å². The van der Waals surface area contributed by atoms with Crippen molar-refractivity contribution in [2.24, 2.45) is 0 Å². The zero-order valence-electron chi connectivity index (χ0n) is 10.5. The number of rotatable bonds is 6. The summed E-state index contributed by atoms with van der Waals surface area (Å²) in [6, 6.07) is 7.54. The quantitative estimate of drug-likeness (QED) is 0.844. The highest BCUT2D eigenvalue weighted by atomic mass is 32.2. The van der Waals surface area contributed by atoms with Crippen LogP contribution in [0.3, 0.4) is 0 Å². The molecule has 0 saturated heterocycles. The monoisotopic (exact) mass is 271 g/mol. The van der Waals surface area contributed by atoms with Gasteiger partial charge in [-0.3, -0.25) is 4.79 Å². The minimum atomic E-state index is -3.51. The molecule has 5 nitrogen and oxygen atoms in total. The molecular formula is C12H17NO4S. The van der Waals surface area contributed by atoms with Crippen molar-refractivity contribution in [3.05, 3.63) is 35.4 Å². The van der Waals surface area contributed by atoms with Crippen LogP contribution in [0.25, 0.3) is 0 Å². The first-order valence-corrected chi connectivity index (χ1v) is 7.13. The normalized spacial score (nSPS) is 11.7. The molecule has 0 bridgehead atoms. The lowest BCUT2D eigenvalue weighted by atomic mass is 10.1. The summed E-state index contributed by atoms with van der Waals surface area (Å²) < 4.78 is 24.7. The highest BCUT2D eigenvalue weighted by molar-refractivity contribution is 7.89. The summed E-state index contributed by atoms with van der Waals surface area (Å²) >= 11 is 0. The molecule has 0 fully saturated rings. The van der Waals surface area contributed by atoms with Crippen LogP contribution in [0.1, 0.15) is 17.5 Å². The third kappa shape index (κ3) is 4.46. The minimum Gasteiger partial charge on any atom is -0.481 e. The number of sulfonamides is 1. The molecule has 0 unspecified atom stereocenters. The van der Waals surface area contributed by atoms with E-state index in [9.17, 15) is 13.2 Å². The lowest BCUT2D eigenvalue weighted by Gasteiger charge is -2.16. The van der Waals surface area contributed by atoms with Gasteiger partial charge in [0.25, 0.3) is 0 Å². The van der Waals surface area contributed by atoms with Gasteiger partial charge in [-0.15, -0.1) is 0 Å². The molecule has 0 amide bonds. The van der Waals surface area contributed by atoms with Gasteiger partial charge < -0.3 is 5.11 Å². The van der Waals surface area contributed by atoms with Crippen LogP contribution in [-0.2, 0) is 21.4 Å². The van der Waals surface area contributed by atoms with Gasteiger partial charge in [-0.25, -0.2) is 12.7 Å². The summed E-state index contributed by atoms with van der Waals surface area (Å²) in [5.41, 5.74) is 1.98. The second-order valence-electron chi connectivity index (χ2n) is 4.20. The van der Waals surface area contributed by atoms with Gasteiger partial charge in [0, 0.05) is 13.6 Å². The van der Waals surface area contributed by atoms with Crippen molar-refractivity contribution in [1.29, 1.82) is 0 Å². The van der Waals surface area contributed by atoms with E-state index in [1.807, 2.05) is 31.2 Å². The van der Waals surface area contributed by atoms with E-state index in [-0.39, 0.29) is 18.7 Å². The van der Waals surface area contributed by atoms with Crippen LogP contribution in [0.5, 0.6) is 0 Å². The van der Waals surface area contributed by atoms with E-state index in [1.165, 1.54) is 11.4 Å². The molecule has 0 aliphatic carbocycles. The van der Waals surface area contributed by atoms with Crippen molar-refractivity contribution in [1.82, 2.24) is 4.31 Å². The topological polar surface area (TPSA) is 74.7 Å². The Labute approximate surface area is 107 Å². The number of nitrogens with zero attached hydrogens (tertiary/aromatic N) is 1. The highest BCUT2D eigenvalue weighted by Gasteiger charge is 2.19. The molecule has 0 atom stereocenters. The van der Waals surface area contributed by atoms with Crippen molar-refractivity contribution in [2.45, 2.75) is 19.9 Å². The largest absolute Gasteiger partial charge is 0.481 e. The van der Waals surface area contributed by atoms with E-state index >= 15 is 0 Å². The Kier molecular flexibility index (Phi) is 4.86. The summed E-state index contributed by atoms with van der Waals surface area (Å²) in [5, 5.41) is 8.50. The van der Waals surface area contributed by atoms with Crippen LogP contribution < -0.4 is 0 Å². The summed E-state index contributed by atoms with van der Waals surface area (Å²) in [7, 11) is -2.06. The number of aryl methyl sites for hydroxylation is 1. The number of carbonyl (C=O) groups is 1. The number of carboxylic acids is 1. The van der Waals surface area contributed by atoms with Gasteiger partial charge in [0.15, 0.2) is 0 Å². The Bertz CT molecular complexity index is 507. The standard InChI is InChI=1S/C12H17NO4S/c1-10-3-5-11(6-4-10)9-13(2)18(16,17)8-7-12(14)15/h3-6H,7-9H2,1-2H3,(H,14,15). The fourth-order valence-electron chi connectivity index (χ4n) is 1.42. The zero-order valence-corrected chi connectivity index (χ0v) is 11.3. The molecule has 0 spiro atoms. The molecule has 1 aromatic rings. The van der Waals surface area contributed by atoms with Crippen LogP contribution in [0.4, 0.5) is 0 Å². The predicted molar refractivity (Wildman–Crippen MR) is 68.7 cm³/mol. The smallest absolute Gasteiger partial charge is 0.304 e. The molecule has 1 aromatic carbocycles. The summed E-state index contributed by atoms with van der Waals surface area (Å²) in [6.45, 7) is 2.21. The lowest BCUT2D eigenvalue weighted by molar-refractivity contribution is -0.136. The van der Waals surface area contributed by atoms with E-state index in [0.29, 0.717) is 0 Å². The average molecular weight is 271 g/mol. The van der Waals surface area contributed by atoms with Gasteiger partial charge >= 0.3 is 5.97 Å². The third-order valence-corrected chi connectivity index (χ3v) is 4.37. The van der Waals surface area contributed by atoms with Gasteiger partial charge in [-0.2, -0.15) is 0 Å². The van der Waals surface area contributed by atoms with E-state index in [4.69, 9.17) is 5.11 Å². The fraction of sp³-hybridized carbons (Fsp3) is 0.417. The molecule has 0 radical (unpaired) electrons.